The molecule has 3 aliphatic rings. The van der Waals surface area contributed by atoms with Gasteiger partial charge >= 0.3 is 12.2 Å². The second-order valence-electron chi connectivity index (χ2n) is 4.03. The molecule has 1 atom stereocenters. The number of ketones is 1. The van der Waals surface area contributed by atoms with Crippen molar-refractivity contribution in [3.63, 3.8) is 0 Å². The number of alkyl carbamates (subject to hydrolysis) is 1. The molecule has 7 heteroatoms. The SMILES string of the molecule is O=C1C=CC23OC(=O)NC2=CCN(C(=O)O)C3=C1. The van der Waals surface area contributed by atoms with Gasteiger partial charge in [0.25, 0.3) is 0 Å². The number of nitrogens with zero attached hydrogens (tertiary/aromatic N) is 1. The molecule has 1 unspecified atom stereocenters. The Morgan fingerprint density at radius 3 is 3.00 bits per heavy atom. The molecule has 1 aliphatic carbocycles. The second kappa shape index (κ2) is 3.22. The van der Waals surface area contributed by atoms with Crippen LogP contribution in [0.15, 0.2) is 35.7 Å². The first kappa shape index (κ1) is 10.6. The summed E-state index contributed by atoms with van der Waals surface area (Å²) in [5.74, 6) is -0.342. The Balaban J connectivity index is 2.18. The largest absolute Gasteiger partial charge is 0.465 e. The topological polar surface area (TPSA) is 95.9 Å². The van der Waals surface area contributed by atoms with Gasteiger partial charge in [0, 0.05) is 12.6 Å². The summed E-state index contributed by atoms with van der Waals surface area (Å²) in [6.07, 6.45) is 3.49. The molecule has 0 radical (unpaired) electrons. The highest BCUT2D eigenvalue weighted by Crippen LogP contribution is 2.41. The summed E-state index contributed by atoms with van der Waals surface area (Å²) in [7, 11) is 0. The van der Waals surface area contributed by atoms with Crippen LogP contribution in [0.1, 0.15) is 0 Å². The predicted molar refractivity (Wildman–Crippen MR) is 57.4 cm³/mol. The molecule has 2 N–H and O–H groups in total. The van der Waals surface area contributed by atoms with Crippen molar-refractivity contribution < 1.29 is 24.2 Å². The lowest BCUT2D eigenvalue weighted by Crippen LogP contribution is -2.48. The Kier molecular flexibility index (Phi) is 1.89. The van der Waals surface area contributed by atoms with Crippen LogP contribution in [0.5, 0.6) is 0 Å². The molecule has 0 saturated carbocycles. The van der Waals surface area contributed by atoms with E-state index >= 15 is 0 Å². The smallest absolute Gasteiger partial charge is 0.413 e. The van der Waals surface area contributed by atoms with Gasteiger partial charge in [-0.3, -0.25) is 15.0 Å². The van der Waals surface area contributed by atoms with Gasteiger partial charge in [-0.05, 0) is 18.2 Å². The van der Waals surface area contributed by atoms with Crippen molar-refractivity contribution in [3.05, 3.63) is 35.7 Å². The highest BCUT2D eigenvalue weighted by atomic mass is 16.6. The molecular weight excluding hydrogens is 240 g/mol. The number of nitrogens with one attached hydrogen (secondary N) is 1. The second-order valence-corrected chi connectivity index (χ2v) is 4.03. The van der Waals surface area contributed by atoms with Crippen molar-refractivity contribution in [3.8, 4) is 0 Å². The number of allylic oxidation sites excluding steroid dienone is 2. The van der Waals surface area contributed by atoms with Crippen molar-refractivity contribution in [2.45, 2.75) is 5.60 Å². The van der Waals surface area contributed by atoms with Crippen molar-refractivity contribution >= 4 is 18.0 Å². The molecule has 2 aliphatic heterocycles. The average molecular weight is 248 g/mol. The fourth-order valence-electron chi connectivity index (χ4n) is 2.26. The molecule has 18 heavy (non-hydrogen) atoms. The normalized spacial score (nSPS) is 28.8. The molecule has 1 saturated heterocycles. The summed E-state index contributed by atoms with van der Waals surface area (Å²) in [6, 6.07) is 0. The van der Waals surface area contributed by atoms with E-state index in [0.29, 0.717) is 5.70 Å². The Morgan fingerprint density at radius 2 is 2.28 bits per heavy atom. The minimum Gasteiger partial charge on any atom is -0.465 e. The maximum atomic E-state index is 11.4. The van der Waals surface area contributed by atoms with Crippen LogP contribution >= 0.6 is 0 Å². The Bertz CT molecular complexity index is 574. The Hall–Kier alpha value is -2.57. The van der Waals surface area contributed by atoms with Gasteiger partial charge in [0.15, 0.2) is 5.78 Å². The van der Waals surface area contributed by atoms with Gasteiger partial charge in [-0.1, -0.05) is 0 Å². The van der Waals surface area contributed by atoms with Gasteiger partial charge < -0.3 is 9.84 Å². The Labute approximate surface area is 101 Å². The maximum absolute atomic E-state index is 11.4. The molecule has 1 spiro atoms. The molecule has 7 nitrogen and oxygen atoms in total. The van der Waals surface area contributed by atoms with Crippen molar-refractivity contribution in [1.29, 1.82) is 0 Å². The van der Waals surface area contributed by atoms with E-state index in [9.17, 15) is 14.4 Å². The summed E-state index contributed by atoms with van der Waals surface area (Å²) in [4.78, 5) is 34.8. The zero-order valence-electron chi connectivity index (χ0n) is 9.04. The van der Waals surface area contributed by atoms with E-state index in [0.717, 1.165) is 4.90 Å². The first-order chi connectivity index (χ1) is 8.53. The molecular formula is C11H8N2O5. The van der Waals surface area contributed by atoms with Crippen molar-refractivity contribution in [2.24, 2.45) is 0 Å². The fourth-order valence-corrected chi connectivity index (χ4v) is 2.26. The van der Waals surface area contributed by atoms with E-state index in [1.807, 2.05) is 0 Å². The average Bonchev–Trinajstić information content (AvgIpc) is 2.63. The van der Waals surface area contributed by atoms with E-state index in [1.54, 1.807) is 6.08 Å². The van der Waals surface area contributed by atoms with Gasteiger partial charge in [-0.15, -0.1) is 0 Å². The minimum absolute atomic E-state index is 0.0585. The Morgan fingerprint density at radius 1 is 1.50 bits per heavy atom. The molecule has 0 aromatic rings. The standard InChI is InChI=1S/C11H8N2O5/c14-6-1-3-11-7(12-9(15)18-11)2-4-13(10(16)17)8(11)5-6/h1-3,5H,4H2,(H,12,15)(H,16,17). The minimum atomic E-state index is -1.30. The van der Waals surface area contributed by atoms with Crippen LogP contribution in [0.4, 0.5) is 9.59 Å². The predicted octanol–water partition coefficient (Wildman–Crippen LogP) is 0.365. The number of carbonyl (C=O) groups is 3. The van der Waals surface area contributed by atoms with E-state index in [1.165, 1.54) is 18.2 Å². The van der Waals surface area contributed by atoms with Crippen LogP contribution in [0.25, 0.3) is 0 Å². The van der Waals surface area contributed by atoms with Crippen LogP contribution in [0, 0.1) is 0 Å². The third kappa shape index (κ3) is 1.21. The first-order valence-corrected chi connectivity index (χ1v) is 5.19. The molecule has 3 rings (SSSR count). The molecule has 0 aromatic carbocycles. The van der Waals surface area contributed by atoms with Crippen LogP contribution in [0.2, 0.25) is 0 Å². The highest BCUT2D eigenvalue weighted by molar-refractivity contribution is 6.02. The third-order valence-corrected chi connectivity index (χ3v) is 3.03. The summed E-state index contributed by atoms with van der Waals surface area (Å²) in [5, 5.41) is 11.6. The zero-order valence-corrected chi connectivity index (χ0v) is 9.04. The highest BCUT2D eigenvalue weighted by Gasteiger charge is 2.52. The van der Waals surface area contributed by atoms with Crippen LogP contribution in [-0.4, -0.2) is 40.1 Å². The quantitative estimate of drug-likeness (QED) is 0.645. The van der Waals surface area contributed by atoms with Gasteiger partial charge in [-0.2, -0.15) is 0 Å². The first-order valence-electron chi connectivity index (χ1n) is 5.19. The van der Waals surface area contributed by atoms with Crippen LogP contribution in [-0.2, 0) is 9.53 Å². The van der Waals surface area contributed by atoms with Crippen LogP contribution < -0.4 is 5.32 Å². The van der Waals surface area contributed by atoms with Gasteiger partial charge in [0.05, 0.1) is 11.4 Å². The number of rotatable bonds is 0. The van der Waals surface area contributed by atoms with E-state index in [2.05, 4.69) is 5.32 Å². The zero-order chi connectivity index (χ0) is 12.9. The lowest BCUT2D eigenvalue weighted by Gasteiger charge is -2.37. The number of carboxylic acid groups (broad SMARTS) is 1. The fraction of sp³-hybridized carbons (Fsp3) is 0.182. The number of amides is 2. The summed E-state index contributed by atoms with van der Waals surface area (Å²) >= 11 is 0. The van der Waals surface area contributed by atoms with E-state index in [4.69, 9.17) is 9.84 Å². The number of carbonyl (C=O) groups excluding carboxylic acids is 2. The molecule has 2 amide bonds. The molecule has 0 aromatic heterocycles. The third-order valence-electron chi connectivity index (χ3n) is 3.03. The van der Waals surface area contributed by atoms with Gasteiger partial charge in [-0.25, -0.2) is 9.59 Å². The lowest BCUT2D eigenvalue weighted by molar-refractivity contribution is -0.110. The summed E-state index contributed by atoms with van der Waals surface area (Å²) in [6.45, 7) is 0.0585. The lowest BCUT2D eigenvalue weighted by atomic mass is 9.87. The van der Waals surface area contributed by atoms with Crippen LogP contribution in [0.3, 0.4) is 0 Å². The monoisotopic (exact) mass is 248 g/mol. The van der Waals surface area contributed by atoms with Gasteiger partial charge in [0.1, 0.15) is 0 Å². The van der Waals surface area contributed by atoms with E-state index in [-0.39, 0.29) is 18.0 Å². The molecule has 1 fully saturated rings. The van der Waals surface area contributed by atoms with Gasteiger partial charge in [0.2, 0.25) is 5.60 Å². The van der Waals surface area contributed by atoms with E-state index < -0.39 is 17.8 Å². The summed E-state index contributed by atoms with van der Waals surface area (Å²) in [5.41, 5.74) is -0.722. The van der Waals surface area contributed by atoms with Crippen molar-refractivity contribution in [2.75, 3.05) is 6.54 Å². The maximum Gasteiger partial charge on any atom is 0.413 e. The molecule has 2 heterocycles. The summed E-state index contributed by atoms with van der Waals surface area (Å²) < 4.78 is 5.15. The number of ether oxygens (including phenoxy) is 1. The number of hydrogen-bond acceptors (Lipinski definition) is 4. The molecule has 92 valence electrons. The van der Waals surface area contributed by atoms with Crippen molar-refractivity contribution in [1.82, 2.24) is 10.2 Å². The number of hydrogen-bond donors (Lipinski definition) is 2. The molecule has 0 bridgehead atoms.